The molecule has 0 aliphatic carbocycles. The predicted octanol–water partition coefficient (Wildman–Crippen LogP) is 2.99. The van der Waals surface area contributed by atoms with E-state index in [1.165, 1.54) is 12.3 Å². The van der Waals surface area contributed by atoms with Crippen LogP contribution in [0.4, 0.5) is 0 Å². The van der Waals surface area contributed by atoms with Crippen LogP contribution in [0.3, 0.4) is 0 Å². The molecule has 2 rings (SSSR count). The van der Waals surface area contributed by atoms with Crippen molar-refractivity contribution < 1.29 is 9.15 Å². The highest BCUT2D eigenvalue weighted by Gasteiger charge is 2.09. The summed E-state index contributed by atoms with van der Waals surface area (Å²) in [4.78, 5) is 11.6. The van der Waals surface area contributed by atoms with Gasteiger partial charge in [-0.15, -0.1) is 0 Å². The first-order valence-corrected chi connectivity index (χ1v) is 5.15. The largest absolute Gasteiger partial charge is 0.465 e. The lowest BCUT2D eigenvalue weighted by Crippen LogP contribution is -2.05. The number of aryl methyl sites for hydroxylation is 1. The van der Waals surface area contributed by atoms with Crippen LogP contribution < -0.4 is 10.2 Å². The molecule has 2 aromatic rings. The van der Waals surface area contributed by atoms with E-state index in [9.17, 15) is 4.79 Å². The summed E-state index contributed by atoms with van der Waals surface area (Å²) in [5.41, 5.74) is -0.160. The van der Waals surface area contributed by atoms with Gasteiger partial charge in [-0.25, -0.2) is 0 Å². The summed E-state index contributed by atoms with van der Waals surface area (Å²) in [6.45, 7) is 1.91. The Balaban J connectivity index is 2.38. The van der Waals surface area contributed by atoms with Gasteiger partial charge in [0.15, 0.2) is 0 Å². The first kappa shape index (κ1) is 10.5. The van der Waals surface area contributed by atoms with E-state index in [0.29, 0.717) is 17.9 Å². The fourth-order valence-electron chi connectivity index (χ4n) is 1.40. The Kier molecular flexibility index (Phi) is 3.05. The third-order valence-electron chi connectivity index (χ3n) is 2.19. The van der Waals surface area contributed by atoms with Gasteiger partial charge >= 0.3 is 0 Å². The highest BCUT2D eigenvalue weighted by Crippen LogP contribution is 2.21. The third kappa shape index (κ3) is 2.14. The lowest BCUT2D eigenvalue weighted by atomic mass is 10.3. The molecule has 0 aliphatic rings. The Labute approximate surface area is 93.3 Å². The average molecular weight is 216 g/mol. The van der Waals surface area contributed by atoms with Crippen molar-refractivity contribution in [2.75, 3.05) is 0 Å². The van der Waals surface area contributed by atoms with Gasteiger partial charge in [0.05, 0.1) is 6.26 Å². The molecule has 0 saturated heterocycles. The van der Waals surface area contributed by atoms with Crippen LogP contribution in [-0.4, -0.2) is 0 Å². The molecule has 0 N–H and O–H groups in total. The summed E-state index contributed by atoms with van der Waals surface area (Å²) in [5, 5.41) is 0. The summed E-state index contributed by atoms with van der Waals surface area (Å²) in [6, 6.07) is 10.5. The van der Waals surface area contributed by atoms with E-state index >= 15 is 0 Å². The second kappa shape index (κ2) is 4.66. The summed E-state index contributed by atoms with van der Waals surface area (Å²) < 4.78 is 10.8. The van der Waals surface area contributed by atoms with Gasteiger partial charge in [-0.05, 0) is 12.1 Å². The lowest BCUT2D eigenvalue weighted by molar-refractivity contribution is 0.411. The Hall–Kier alpha value is -2.03. The monoisotopic (exact) mass is 216 g/mol. The van der Waals surface area contributed by atoms with Crippen molar-refractivity contribution in [2.45, 2.75) is 13.3 Å². The quantitative estimate of drug-likeness (QED) is 0.791. The van der Waals surface area contributed by atoms with E-state index in [1.54, 1.807) is 12.1 Å². The molecule has 1 heterocycles. The zero-order chi connectivity index (χ0) is 11.4. The maximum Gasteiger partial charge on any atom is 0.227 e. The molecule has 1 aromatic carbocycles. The fourth-order valence-corrected chi connectivity index (χ4v) is 1.40. The summed E-state index contributed by atoms with van der Waals surface area (Å²) >= 11 is 0. The standard InChI is InChI=1S/C13H12O3/c1-2-12-13(11(14)8-9-15-12)16-10-6-4-3-5-7-10/h3-9H,2H2,1H3. The van der Waals surface area contributed by atoms with Crippen molar-refractivity contribution in [3.05, 3.63) is 58.6 Å². The number of hydrogen-bond acceptors (Lipinski definition) is 3. The fraction of sp³-hybridized carbons (Fsp3) is 0.154. The van der Waals surface area contributed by atoms with Crippen LogP contribution in [0.5, 0.6) is 11.5 Å². The minimum Gasteiger partial charge on any atom is -0.465 e. The average Bonchev–Trinajstić information content (AvgIpc) is 2.33. The second-order valence-corrected chi connectivity index (χ2v) is 3.31. The maximum atomic E-state index is 11.6. The highest BCUT2D eigenvalue weighted by molar-refractivity contribution is 5.32. The maximum absolute atomic E-state index is 11.6. The first-order chi connectivity index (χ1) is 7.81. The first-order valence-electron chi connectivity index (χ1n) is 5.15. The van der Waals surface area contributed by atoms with Gasteiger partial charge in [0.25, 0.3) is 0 Å². The number of para-hydroxylation sites is 1. The minimum absolute atomic E-state index is 0.160. The van der Waals surface area contributed by atoms with Crippen molar-refractivity contribution in [2.24, 2.45) is 0 Å². The topological polar surface area (TPSA) is 39.4 Å². The molecule has 0 fully saturated rings. The normalized spacial score (nSPS) is 10.1. The number of ether oxygens (including phenoxy) is 1. The number of hydrogen-bond donors (Lipinski definition) is 0. The van der Waals surface area contributed by atoms with Gasteiger partial charge in [-0.1, -0.05) is 25.1 Å². The smallest absolute Gasteiger partial charge is 0.227 e. The Morgan fingerprint density at radius 1 is 1.19 bits per heavy atom. The number of rotatable bonds is 3. The molecule has 3 heteroatoms. The van der Waals surface area contributed by atoms with Gasteiger partial charge < -0.3 is 9.15 Å². The van der Waals surface area contributed by atoms with Crippen molar-refractivity contribution in [3.8, 4) is 11.5 Å². The molecule has 0 saturated carbocycles. The Bertz CT molecular complexity index is 514. The molecular formula is C13H12O3. The van der Waals surface area contributed by atoms with Crippen LogP contribution in [0.25, 0.3) is 0 Å². The van der Waals surface area contributed by atoms with E-state index in [0.717, 1.165) is 0 Å². The third-order valence-corrected chi connectivity index (χ3v) is 2.19. The van der Waals surface area contributed by atoms with Crippen LogP contribution in [0, 0.1) is 0 Å². The van der Waals surface area contributed by atoms with Crippen molar-refractivity contribution in [3.63, 3.8) is 0 Å². The molecular weight excluding hydrogens is 204 g/mol. The Morgan fingerprint density at radius 3 is 2.62 bits per heavy atom. The summed E-state index contributed by atoms with van der Waals surface area (Å²) in [5.74, 6) is 1.48. The Morgan fingerprint density at radius 2 is 1.94 bits per heavy atom. The van der Waals surface area contributed by atoms with Gasteiger partial charge in [-0.2, -0.15) is 0 Å². The summed E-state index contributed by atoms with van der Waals surface area (Å²) in [7, 11) is 0. The summed E-state index contributed by atoms with van der Waals surface area (Å²) in [6.07, 6.45) is 2.01. The zero-order valence-electron chi connectivity index (χ0n) is 8.97. The van der Waals surface area contributed by atoms with E-state index < -0.39 is 0 Å². The number of benzene rings is 1. The highest BCUT2D eigenvalue weighted by atomic mass is 16.5. The molecule has 82 valence electrons. The van der Waals surface area contributed by atoms with Crippen LogP contribution in [-0.2, 0) is 6.42 Å². The molecule has 16 heavy (non-hydrogen) atoms. The second-order valence-electron chi connectivity index (χ2n) is 3.31. The molecule has 0 amide bonds. The van der Waals surface area contributed by atoms with E-state index in [-0.39, 0.29) is 11.2 Å². The molecule has 0 aliphatic heterocycles. The minimum atomic E-state index is -0.160. The zero-order valence-corrected chi connectivity index (χ0v) is 8.97. The predicted molar refractivity (Wildman–Crippen MR) is 60.9 cm³/mol. The molecule has 0 unspecified atom stereocenters. The van der Waals surface area contributed by atoms with Gasteiger partial charge in [-0.3, -0.25) is 4.79 Å². The van der Waals surface area contributed by atoms with Crippen molar-refractivity contribution in [1.82, 2.24) is 0 Å². The lowest BCUT2D eigenvalue weighted by Gasteiger charge is -2.07. The van der Waals surface area contributed by atoms with Gasteiger partial charge in [0.1, 0.15) is 11.5 Å². The van der Waals surface area contributed by atoms with Crippen LogP contribution in [0.15, 0.2) is 51.9 Å². The van der Waals surface area contributed by atoms with Crippen molar-refractivity contribution >= 4 is 0 Å². The van der Waals surface area contributed by atoms with E-state index in [4.69, 9.17) is 9.15 Å². The van der Waals surface area contributed by atoms with E-state index in [1.807, 2.05) is 25.1 Å². The molecule has 0 radical (unpaired) electrons. The van der Waals surface area contributed by atoms with Gasteiger partial charge in [0, 0.05) is 12.5 Å². The van der Waals surface area contributed by atoms with Crippen LogP contribution in [0.2, 0.25) is 0 Å². The van der Waals surface area contributed by atoms with E-state index in [2.05, 4.69) is 0 Å². The van der Waals surface area contributed by atoms with Crippen LogP contribution in [0.1, 0.15) is 12.7 Å². The van der Waals surface area contributed by atoms with Gasteiger partial charge in [0.2, 0.25) is 11.2 Å². The molecule has 1 aromatic heterocycles. The molecule has 0 spiro atoms. The SMILES string of the molecule is CCc1occc(=O)c1Oc1ccccc1. The molecule has 0 atom stereocenters. The molecule has 0 bridgehead atoms. The molecule has 3 nitrogen and oxygen atoms in total. The van der Waals surface area contributed by atoms with Crippen molar-refractivity contribution in [1.29, 1.82) is 0 Å². The van der Waals surface area contributed by atoms with Crippen LogP contribution >= 0.6 is 0 Å².